The van der Waals surface area contributed by atoms with Crippen molar-refractivity contribution in [1.29, 1.82) is 0 Å². The summed E-state index contributed by atoms with van der Waals surface area (Å²) in [6, 6.07) is 0. The van der Waals surface area contributed by atoms with Gasteiger partial charge in [-0.05, 0) is 25.7 Å². The molecule has 2 unspecified atom stereocenters. The highest BCUT2D eigenvalue weighted by molar-refractivity contribution is 5.11. The maximum absolute atomic E-state index is 5.61. The quantitative estimate of drug-likeness (QED) is 0.627. The second-order valence-electron chi connectivity index (χ2n) is 4.36. The monoisotopic (exact) mass is 210 g/mol. The standard InChI is InChI=1S/C13H22O2/c1-11(2)6-7-12(3)9-14-10-13-5-4-8-15-13/h6-7,12-13H,1,4-5,8-10H2,2-3H3/b7-6-. The molecule has 2 heteroatoms. The molecule has 0 aromatic carbocycles. The Balaban J connectivity index is 2.05. The van der Waals surface area contributed by atoms with Crippen LogP contribution in [0.15, 0.2) is 24.3 Å². The highest BCUT2D eigenvalue weighted by Gasteiger charge is 2.15. The van der Waals surface area contributed by atoms with Crippen LogP contribution in [-0.4, -0.2) is 25.9 Å². The summed E-state index contributed by atoms with van der Waals surface area (Å²) in [7, 11) is 0. The summed E-state index contributed by atoms with van der Waals surface area (Å²) in [4.78, 5) is 0. The van der Waals surface area contributed by atoms with Crippen molar-refractivity contribution in [3.05, 3.63) is 24.3 Å². The van der Waals surface area contributed by atoms with Crippen LogP contribution >= 0.6 is 0 Å². The minimum absolute atomic E-state index is 0.335. The van der Waals surface area contributed by atoms with Crippen molar-refractivity contribution in [2.24, 2.45) is 5.92 Å². The van der Waals surface area contributed by atoms with Gasteiger partial charge in [0, 0.05) is 6.61 Å². The van der Waals surface area contributed by atoms with Gasteiger partial charge in [-0.3, -0.25) is 0 Å². The molecular formula is C13H22O2. The lowest BCUT2D eigenvalue weighted by Gasteiger charge is -2.12. The topological polar surface area (TPSA) is 18.5 Å². The number of hydrogen-bond donors (Lipinski definition) is 0. The van der Waals surface area contributed by atoms with E-state index in [0.717, 1.165) is 31.8 Å². The van der Waals surface area contributed by atoms with E-state index in [1.165, 1.54) is 6.42 Å². The molecule has 1 aliphatic heterocycles. The number of ether oxygens (including phenoxy) is 2. The van der Waals surface area contributed by atoms with Gasteiger partial charge in [0.1, 0.15) is 0 Å². The summed E-state index contributed by atoms with van der Waals surface area (Å²) in [5.41, 5.74) is 1.08. The molecule has 0 radical (unpaired) electrons. The van der Waals surface area contributed by atoms with Gasteiger partial charge in [0.25, 0.3) is 0 Å². The van der Waals surface area contributed by atoms with E-state index >= 15 is 0 Å². The van der Waals surface area contributed by atoms with E-state index in [1.54, 1.807) is 0 Å². The lowest BCUT2D eigenvalue weighted by Crippen LogP contribution is -2.16. The smallest absolute Gasteiger partial charge is 0.0809 e. The van der Waals surface area contributed by atoms with Gasteiger partial charge in [0.05, 0.1) is 19.3 Å². The highest BCUT2D eigenvalue weighted by Crippen LogP contribution is 2.12. The van der Waals surface area contributed by atoms with Gasteiger partial charge in [0.2, 0.25) is 0 Å². The second kappa shape index (κ2) is 6.81. The Kier molecular flexibility index (Phi) is 5.66. The van der Waals surface area contributed by atoms with Crippen molar-refractivity contribution >= 4 is 0 Å². The summed E-state index contributed by atoms with van der Waals surface area (Å²) in [5.74, 6) is 0.447. The van der Waals surface area contributed by atoms with Crippen LogP contribution in [0.3, 0.4) is 0 Å². The van der Waals surface area contributed by atoms with Crippen molar-refractivity contribution in [3.63, 3.8) is 0 Å². The molecule has 15 heavy (non-hydrogen) atoms. The molecule has 1 fully saturated rings. The SMILES string of the molecule is C=C(C)/C=C\C(C)COCC1CCCO1. The van der Waals surface area contributed by atoms with Crippen LogP contribution in [0.1, 0.15) is 26.7 Å². The summed E-state index contributed by atoms with van der Waals surface area (Å²) in [6.45, 7) is 10.4. The third-order valence-corrected chi connectivity index (χ3v) is 2.42. The van der Waals surface area contributed by atoms with Crippen molar-refractivity contribution in [2.75, 3.05) is 19.8 Å². The number of rotatable bonds is 6. The minimum atomic E-state index is 0.335. The van der Waals surface area contributed by atoms with E-state index in [0.29, 0.717) is 12.0 Å². The van der Waals surface area contributed by atoms with E-state index in [4.69, 9.17) is 9.47 Å². The summed E-state index contributed by atoms with van der Waals surface area (Å²) >= 11 is 0. The summed E-state index contributed by atoms with van der Waals surface area (Å²) < 4.78 is 11.1. The first-order chi connectivity index (χ1) is 7.18. The highest BCUT2D eigenvalue weighted by atomic mass is 16.5. The molecule has 2 atom stereocenters. The Labute approximate surface area is 93.0 Å². The first-order valence-electron chi connectivity index (χ1n) is 5.71. The Morgan fingerprint density at radius 2 is 2.47 bits per heavy atom. The van der Waals surface area contributed by atoms with E-state index in [-0.39, 0.29) is 0 Å². The van der Waals surface area contributed by atoms with E-state index in [2.05, 4.69) is 19.6 Å². The molecule has 1 saturated heterocycles. The minimum Gasteiger partial charge on any atom is -0.378 e. The molecule has 2 nitrogen and oxygen atoms in total. The average molecular weight is 210 g/mol. The van der Waals surface area contributed by atoms with E-state index in [1.807, 2.05) is 13.0 Å². The fourth-order valence-electron chi connectivity index (χ4n) is 1.55. The Morgan fingerprint density at radius 3 is 3.07 bits per heavy atom. The van der Waals surface area contributed by atoms with Gasteiger partial charge in [-0.1, -0.05) is 31.2 Å². The third-order valence-electron chi connectivity index (χ3n) is 2.42. The second-order valence-corrected chi connectivity index (χ2v) is 4.36. The normalized spacial score (nSPS) is 23.5. The fourth-order valence-corrected chi connectivity index (χ4v) is 1.55. The molecule has 86 valence electrons. The van der Waals surface area contributed by atoms with Crippen LogP contribution in [0.2, 0.25) is 0 Å². The average Bonchev–Trinajstić information content (AvgIpc) is 2.67. The molecule has 0 N–H and O–H groups in total. The van der Waals surface area contributed by atoms with Gasteiger partial charge in [-0.25, -0.2) is 0 Å². The molecule has 1 heterocycles. The van der Waals surface area contributed by atoms with Crippen LogP contribution < -0.4 is 0 Å². The van der Waals surface area contributed by atoms with Crippen LogP contribution in [0.5, 0.6) is 0 Å². The predicted octanol–water partition coefficient (Wildman–Crippen LogP) is 2.95. The van der Waals surface area contributed by atoms with Crippen molar-refractivity contribution in [2.45, 2.75) is 32.8 Å². The van der Waals surface area contributed by atoms with Crippen LogP contribution in [-0.2, 0) is 9.47 Å². The maximum Gasteiger partial charge on any atom is 0.0809 e. The molecule has 1 aliphatic rings. The number of hydrogen-bond acceptors (Lipinski definition) is 2. The molecule has 0 amide bonds. The van der Waals surface area contributed by atoms with Crippen LogP contribution in [0, 0.1) is 5.92 Å². The van der Waals surface area contributed by atoms with Crippen molar-refractivity contribution < 1.29 is 9.47 Å². The molecule has 0 spiro atoms. The summed E-state index contributed by atoms with van der Waals surface area (Å²) in [6.07, 6.45) is 6.84. The van der Waals surface area contributed by atoms with Crippen molar-refractivity contribution in [3.8, 4) is 0 Å². The van der Waals surface area contributed by atoms with Crippen LogP contribution in [0.4, 0.5) is 0 Å². The molecule has 1 rings (SSSR count). The van der Waals surface area contributed by atoms with Gasteiger partial charge in [0.15, 0.2) is 0 Å². The Morgan fingerprint density at radius 1 is 1.67 bits per heavy atom. The lowest BCUT2D eigenvalue weighted by atomic mass is 10.1. The molecule has 0 aromatic heterocycles. The van der Waals surface area contributed by atoms with Gasteiger partial charge in [-0.2, -0.15) is 0 Å². The van der Waals surface area contributed by atoms with Crippen molar-refractivity contribution in [1.82, 2.24) is 0 Å². The molecule has 0 aromatic rings. The predicted molar refractivity (Wildman–Crippen MR) is 62.9 cm³/mol. The summed E-state index contributed by atoms with van der Waals surface area (Å²) in [5, 5.41) is 0. The number of allylic oxidation sites excluding steroid dienone is 2. The third kappa shape index (κ3) is 5.75. The molecular weight excluding hydrogens is 188 g/mol. The zero-order valence-corrected chi connectivity index (χ0v) is 9.87. The molecule has 0 aliphatic carbocycles. The zero-order valence-electron chi connectivity index (χ0n) is 9.87. The Bertz CT molecular complexity index is 215. The molecule has 0 bridgehead atoms. The zero-order chi connectivity index (χ0) is 11.1. The molecule has 0 saturated carbocycles. The van der Waals surface area contributed by atoms with Crippen LogP contribution in [0.25, 0.3) is 0 Å². The van der Waals surface area contributed by atoms with Gasteiger partial charge in [-0.15, -0.1) is 0 Å². The maximum atomic E-state index is 5.61. The largest absolute Gasteiger partial charge is 0.378 e. The fraction of sp³-hybridized carbons (Fsp3) is 0.692. The van der Waals surface area contributed by atoms with Gasteiger partial charge >= 0.3 is 0 Å². The first-order valence-corrected chi connectivity index (χ1v) is 5.71. The van der Waals surface area contributed by atoms with E-state index < -0.39 is 0 Å². The first kappa shape index (κ1) is 12.5. The Hall–Kier alpha value is -0.600. The van der Waals surface area contributed by atoms with E-state index in [9.17, 15) is 0 Å². The lowest BCUT2D eigenvalue weighted by molar-refractivity contribution is 0.0113. The van der Waals surface area contributed by atoms with Gasteiger partial charge < -0.3 is 9.47 Å².